The van der Waals surface area contributed by atoms with Crippen LogP contribution in [0.1, 0.15) is 18.2 Å². The summed E-state index contributed by atoms with van der Waals surface area (Å²) in [6, 6.07) is 12.4. The number of benzene rings is 2. The van der Waals surface area contributed by atoms with Gasteiger partial charge in [0, 0.05) is 31.3 Å². The summed E-state index contributed by atoms with van der Waals surface area (Å²) in [4.78, 5) is 39.7. The lowest BCUT2D eigenvalue weighted by atomic mass is 10.1. The molecule has 9 nitrogen and oxygen atoms in total. The van der Waals surface area contributed by atoms with Crippen LogP contribution < -0.4 is 21.1 Å². The number of hydrogen-bond acceptors (Lipinski definition) is 6. The molecule has 2 aromatic carbocycles. The van der Waals surface area contributed by atoms with Gasteiger partial charge >= 0.3 is 0 Å². The van der Waals surface area contributed by atoms with Crippen LogP contribution in [0.25, 0.3) is 23.2 Å². The van der Waals surface area contributed by atoms with Gasteiger partial charge < -0.3 is 14.6 Å². The Labute approximate surface area is 195 Å². The minimum Gasteiger partial charge on any atom is -0.489 e. The Hall–Kier alpha value is -4.50. The molecule has 174 valence electrons. The average Bonchev–Trinajstić information content (AvgIpc) is 2.83. The van der Waals surface area contributed by atoms with E-state index in [0.717, 1.165) is 11.6 Å². The van der Waals surface area contributed by atoms with Gasteiger partial charge in [0.2, 0.25) is 5.91 Å². The summed E-state index contributed by atoms with van der Waals surface area (Å²) in [6.45, 7) is 5.56. The predicted molar refractivity (Wildman–Crippen MR) is 130 cm³/mol. The monoisotopic (exact) mass is 460 g/mol. The van der Waals surface area contributed by atoms with E-state index < -0.39 is 5.91 Å². The number of aromatic nitrogens is 2. The molecule has 3 N–H and O–H groups in total. The second kappa shape index (κ2) is 11.4. The van der Waals surface area contributed by atoms with Crippen LogP contribution in [0.5, 0.6) is 5.75 Å². The highest BCUT2D eigenvalue weighted by atomic mass is 16.5. The number of ether oxygens (including phenoxy) is 1. The van der Waals surface area contributed by atoms with Gasteiger partial charge in [0.05, 0.1) is 11.0 Å². The average molecular weight is 460 g/mol. The fourth-order valence-corrected chi connectivity index (χ4v) is 3.14. The van der Waals surface area contributed by atoms with E-state index in [1.165, 1.54) is 18.5 Å². The van der Waals surface area contributed by atoms with Crippen LogP contribution in [0.15, 0.2) is 72.1 Å². The highest BCUT2D eigenvalue weighted by molar-refractivity contribution is 5.89. The Kier molecular flexibility index (Phi) is 8.09. The van der Waals surface area contributed by atoms with Crippen molar-refractivity contribution in [2.45, 2.75) is 13.5 Å². The summed E-state index contributed by atoms with van der Waals surface area (Å²) in [6.07, 6.45) is 7.64. The van der Waals surface area contributed by atoms with E-state index in [-0.39, 0.29) is 30.3 Å². The van der Waals surface area contributed by atoms with Gasteiger partial charge in [-0.3, -0.25) is 19.6 Å². The number of carbonyl (C=O) groups excluding carboxylic acids is 2. The van der Waals surface area contributed by atoms with E-state index >= 15 is 0 Å². The van der Waals surface area contributed by atoms with Crippen LogP contribution in [0, 0.1) is 0 Å². The van der Waals surface area contributed by atoms with Gasteiger partial charge in [0.15, 0.2) is 0 Å². The van der Waals surface area contributed by atoms with Crippen molar-refractivity contribution in [1.82, 2.24) is 15.0 Å². The lowest BCUT2D eigenvalue weighted by Gasteiger charge is -2.11. The maximum absolute atomic E-state index is 13.1. The third-order valence-corrected chi connectivity index (χ3v) is 4.64. The number of hydrogen-bond donors (Lipinski definition) is 3. The van der Waals surface area contributed by atoms with Crippen molar-refractivity contribution in [2.75, 3.05) is 11.9 Å². The molecule has 0 saturated carbocycles. The Balaban J connectivity index is 1.88. The first-order valence-corrected chi connectivity index (χ1v) is 10.4. The van der Waals surface area contributed by atoms with Crippen LogP contribution >= 0.6 is 0 Å². The quantitative estimate of drug-likeness (QED) is 0.195. The van der Waals surface area contributed by atoms with Gasteiger partial charge in [-0.2, -0.15) is 0 Å². The first-order valence-electron chi connectivity index (χ1n) is 10.4. The van der Waals surface area contributed by atoms with Crippen LogP contribution in [0.4, 0.5) is 5.69 Å². The minimum absolute atomic E-state index is 0.0968. The lowest BCUT2D eigenvalue weighted by molar-refractivity contribution is -0.124. The predicted octanol–water partition coefficient (Wildman–Crippen LogP) is 3.15. The summed E-state index contributed by atoms with van der Waals surface area (Å²) in [5.41, 5.74) is 4.19. The number of amides is 2. The summed E-state index contributed by atoms with van der Waals surface area (Å²) in [5.74, 6) is -0.316. The summed E-state index contributed by atoms with van der Waals surface area (Å²) in [7, 11) is 0. The second-order valence-electron chi connectivity index (χ2n) is 7.18. The molecule has 3 aromatic rings. The zero-order valence-corrected chi connectivity index (χ0v) is 18.5. The standard InChI is InChI=1S/C25H24N4O5/c1-3-14-29-23-16-20(34-15-4-5-24(31)28-33)11-13-21(23)27-22(25(29)32)12-8-18-6-9-19(10-7-18)26-17(2)30/h3-13,16,33H,1,14-15H2,2H3,(H,26,30)(H,28,31)/b5-4+,12-8+. The van der Waals surface area contributed by atoms with Crippen LogP contribution in [0.2, 0.25) is 0 Å². The van der Waals surface area contributed by atoms with Gasteiger partial charge in [-0.05, 0) is 42.0 Å². The molecule has 0 spiro atoms. The Morgan fingerprint density at radius 1 is 1.18 bits per heavy atom. The molecule has 0 aliphatic heterocycles. The Bertz CT molecular complexity index is 1320. The van der Waals surface area contributed by atoms with Crippen molar-refractivity contribution in [3.63, 3.8) is 0 Å². The summed E-state index contributed by atoms with van der Waals surface area (Å²) >= 11 is 0. The molecular formula is C25H24N4O5. The molecule has 1 aromatic heterocycles. The number of nitrogens with one attached hydrogen (secondary N) is 2. The van der Waals surface area contributed by atoms with Crippen molar-refractivity contribution in [3.8, 4) is 5.75 Å². The van der Waals surface area contributed by atoms with Crippen molar-refractivity contribution >= 4 is 40.7 Å². The van der Waals surface area contributed by atoms with E-state index in [4.69, 9.17) is 9.94 Å². The first kappa shape index (κ1) is 24.1. The Morgan fingerprint density at radius 3 is 2.62 bits per heavy atom. The molecule has 3 rings (SSSR count). The molecular weight excluding hydrogens is 436 g/mol. The molecule has 2 amide bonds. The fourth-order valence-electron chi connectivity index (χ4n) is 3.14. The number of hydroxylamine groups is 1. The van der Waals surface area contributed by atoms with Crippen molar-refractivity contribution < 1.29 is 19.5 Å². The summed E-state index contributed by atoms with van der Waals surface area (Å²) < 4.78 is 7.15. The molecule has 0 bridgehead atoms. The molecule has 0 aliphatic rings. The van der Waals surface area contributed by atoms with Gasteiger partial charge in [-0.1, -0.05) is 24.3 Å². The van der Waals surface area contributed by atoms with E-state index in [9.17, 15) is 14.4 Å². The minimum atomic E-state index is -0.657. The number of carbonyl (C=O) groups is 2. The summed E-state index contributed by atoms with van der Waals surface area (Å²) in [5, 5.41) is 11.2. The number of nitrogens with zero attached hydrogens (tertiary/aromatic N) is 2. The molecule has 0 unspecified atom stereocenters. The third-order valence-electron chi connectivity index (χ3n) is 4.64. The van der Waals surface area contributed by atoms with Crippen LogP contribution in [-0.4, -0.2) is 33.2 Å². The Morgan fingerprint density at radius 2 is 1.94 bits per heavy atom. The van der Waals surface area contributed by atoms with E-state index in [1.54, 1.807) is 53.1 Å². The molecule has 1 heterocycles. The maximum atomic E-state index is 13.1. The van der Waals surface area contributed by atoms with Crippen LogP contribution in [-0.2, 0) is 16.1 Å². The number of allylic oxidation sites excluding steroid dienone is 1. The third kappa shape index (κ3) is 6.27. The zero-order chi connectivity index (χ0) is 24.5. The normalized spacial score (nSPS) is 11.1. The van der Waals surface area contributed by atoms with Gasteiger partial charge in [0.1, 0.15) is 18.1 Å². The zero-order valence-electron chi connectivity index (χ0n) is 18.5. The first-order chi connectivity index (χ1) is 16.4. The SMILES string of the molecule is C=CCn1c(=O)c(/C=C/c2ccc(NC(C)=O)cc2)nc2ccc(OC/C=C/C(=O)NO)cc21. The largest absolute Gasteiger partial charge is 0.489 e. The van der Waals surface area contributed by atoms with Gasteiger partial charge in [0.25, 0.3) is 11.5 Å². The van der Waals surface area contributed by atoms with E-state index in [0.29, 0.717) is 22.5 Å². The van der Waals surface area contributed by atoms with E-state index in [2.05, 4.69) is 16.9 Å². The topological polar surface area (TPSA) is 123 Å². The second-order valence-corrected chi connectivity index (χ2v) is 7.18. The van der Waals surface area contributed by atoms with Crippen LogP contribution in [0.3, 0.4) is 0 Å². The molecule has 0 aliphatic carbocycles. The van der Waals surface area contributed by atoms with Gasteiger partial charge in [-0.25, -0.2) is 10.5 Å². The highest BCUT2D eigenvalue weighted by Crippen LogP contribution is 2.20. The molecule has 0 fully saturated rings. The smallest absolute Gasteiger partial charge is 0.277 e. The number of fused-ring (bicyclic) bond motifs is 1. The lowest BCUT2D eigenvalue weighted by Crippen LogP contribution is -2.23. The molecule has 0 atom stereocenters. The van der Waals surface area contributed by atoms with Crippen molar-refractivity contribution in [3.05, 3.63) is 88.9 Å². The van der Waals surface area contributed by atoms with Crippen molar-refractivity contribution in [1.29, 1.82) is 0 Å². The molecule has 0 saturated heterocycles. The molecule has 9 heteroatoms. The fraction of sp³-hybridized carbons (Fsp3) is 0.120. The van der Waals surface area contributed by atoms with Gasteiger partial charge in [-0.15, -0.1) is 6.58 Å². The maximum Gasteiger partial charge on any atom is 0.277 e. The number of rotatable bonds is 9. The molecule has 0 radical (unpaired) electrons. The highest BCUT2D eigenvalue weighted by Gasteiger charge is 2.10. The molecule has 34 heavy (non-hydrogen) atoms. The van der Waals surface area contributed by atoms with E-state index in [1.807, 2.05) is 12.1 Å². The van der Waals surface area contributed by atoms with Crippen molar-refractivity contribution in [2.24, 2.45) is 0 Å². The number of anilines is 1.